The first-order chi connectivity index (χ1) is 42.2. The first kappa shape index (κ1) is 50.4. The zero-order chi connectivity index (χ0) is 57.7. The molecule has 4 saturated heterocycles. The van der Waals surface area contributed by atoms with Gasteiger partial charge in [0.2, 0.25) is 23.6 Å². The van der Waals surface area contributed by atoms with E-state index in [1.54, 1.807) is 58.3 Å². The molecule has 21 rings (SSSR count). The number of anilines is 2. The van der Waals surface area contributed by atoms with Gasteiger partial charge in [-0.2, -0.15) is 0 Å². The third-order valence-electron chi connectivity index (χ3n) is 20.3. The standard InChI is InChI=1S/C72H54N4O10/c77-65-57-55-43-25-7-11-29-47(43)71(48-30-12-8-26-44(48)55,59(57)67(79)75(65)41-21-3-1-4-22-41)63-61-69(81)73(63)37-38-74-64(62(70(74)82)86-54-36-18-16-34-52(54)84-40-20-19-39-83-51-33-15-17-35-53(51)85-61)72-49-31-13-9-27-45(49)56(46-28-10-14-32-50(46)72)58-60(72)68(80)76(66(58)78)42-23-5-2-6-24-42/h1-36,55-64H,37-40H2/b20-19-/t55?,56?,57?,58?,59?,60?,61-,62-,63-,64-,71?,72?/m0/s1. The maximum Gasteiger partial charge on any atom is 0.266 e. The van der Waals surface area contributed by atoms with E-state index in [2.05, 4.69) is 0 Å². The summed E-state index contributed by atoms with van der Waals surface area (Å²) in [5.74, 6) is -5.48. The Balaban J connectivity index is 0.871. The number of rotatable bonds is 4. The molecule has 14 heteroatoms. The molecule has 8 bridgehead atoms. The van der Waals surface area contributed by atoms with Crippen LogP contribution < -0.4 is 28.7 Å². The van der Waals surface area contributed by atoms with Gasteiger partial charge in [-0.3, -0.25) is 28.8 Å². The Morgan fingerprint density at radius 3 is 1.01 bits per heavy atom. The number of benzene rings is 8. The fourth-order valence-corrected chi connectivity index (χ4v) is 17.3. The molecule has 7 aliphatic heterocycles. The lowest BCUT2D eigenvalue weighted by atomic mass is 9.43. The first-order valence-electron chi connectivity index (χ1n) is 29.5. The lowest BCUT2D eigenvalue weighted by molar-refractivity contribution is -0.182. The Morgan fingerprint density at radius 2 is 0.651 bits per heavy atom. The number of para-hydroxylation sites is 6. The quantitative estimate of drug-likeness (QED) is 0.0948. The lowest BCUT2D eigenvalue weighted by Gasteiger charge is -2.65. The Hall–Kier alpha value is -10.1. The van der Waals surface area contributed by atoms with E-state index in [0.717, 1.165) is 44.5 Å². The molecule has 8 aromatic rings. The van der Waals surface area contributed by atoms with Crippen LogP contribution in [0.3, 0.4) is 0 Å². The molecule has 6 aliphatic carbocycles. The highest BCUT2D eigenvalue weighted by molar-refractivity contribution is 6.25. The molecular weight excluding hydrogens is 1080 g/mol. The monoisotopic (exact) mass is 1130 g/mol. The molecule has 422 valence electrons. The second kappa shape index (κ2) is 18.7. The van der Waals surface area contributed by atoms with Crippen LogP contribution in [0.4, 0.5) is 11.4 Å². The van der Waals surface area contributed by atoms with Crippen LogP contribution >= 0.6 is 0 Å². The topological polar surface area (TPSA) is 152 Å². The van der Waals surface area contributed by atoms with Gasteiger partial charge in [-0.15, -0.1) is 0 Å². The Kier molecular flexibility index (Phi) is 11.0. The first-order valence-corrected chi connectivity index (χ1v) is 29.5. The average Bonchev–Trinajstić information content (AvgIpc) is 1.19. The molecule has 86 heavy (non-hydrogen) atoms. The molecule has 4 fully saturated rings. The van der Waals surface area contributed by atoms with Crippen molar-refractivity contribution in [1.82, 2.24) is 9.80 Å². The molecule has 7 heterocycles. The van der Waals surface area contributed by atoms with E-state index in [-0.39, 0.29) is 49.9 Å². The van der Waals surface area contributed by atoms with E-state index >= 15 is 28.8 Å². The Morgan fingerprint density at radius 1 is 0.337 bits per heavy atom. The fourth-order valence-electron chi connectivity index (χ4n) is 17.3. The van der Waals surface area contributed by atoms with Gasteiger partial charge in [0.15, 0.2) is 35.2 Å². The molecule has 4 unspecified atom stereocenters. The molecule has 0 radical (unpaired) electrons. The molecule has 13 aliphatic rings. The van der Waals surface area contributed by atoms with Crippen molar-refractivity contribution in [3.05, 3.63) is 263 Å². The van der Waals surface area contributed by atoms with E-state index in [1.807, 2.05) is 170 Å². The molecule has 8 atom stereocenters. The van der Waals surface area contributed by atoms with Gasteiger partial charge in [0.05, 0.1) is 58.0 Å². The van der Waals surface area contributed by atoms with Gasteiger partial charge in [0, 0.05) is 24.9 Å². The van der Waals surface area contributed by atoms with Crippen LogP contribution in [0.2, 0.25) is 0 Å². The van der Waals surface area contributed by atoms with Gasteiger partial charge in [-0.1, -0.05) is 158 Å². The number of nitrogens with zero attached hydrogens (tertiary/aromatic N) is 4. The van der Waals surface area contributed by atoms with Gasteiger partial charge in [0.25, 0.3) is 11.8 Å². The highest BCUT2D eigenvalue weighted by atomic mass is 16.5. The average molecular weight is 1140 g/mol. The molecule has 8 aromatic carbocycles. The van der Waals surface area contributed by atoms with E-state index in [0.29, 0.717) is 34.4 Å². The van der Waals surface area contributed by atoms with Gasteiger partial charge < -0.3 is 28.7 Å². The number of amides is 6. The van der Waals surface area contributed by atoms with Crippen LogP contribution in [0.5, 0.6) is 23.0 Å². The Labute approximate surface area is 494 Å². The summed E-state index contributed by atoms with van der Waals surface area (Å²) in [5.41, 5.74) is 4.95. The highest BCUT2D eigenvalue weighted by Gasteiger charge is 2.78. The van der Waals surface area contributed by atoms with Gasteiger partial charge in [-0.25, -0.2) is 9.80 Å². The minimum absolute atomic E-state index is 0.0719. The van der Waals surface area contributed by atoms with Crippen molar-refractivity contribution < 1.29 is 47.7 Å². The van der Waals surface area contributed by atoms with Crippen molar-refractivity contribution in [2.45, 2.75) is 47.0 Å². The minimum Gasteiger partial charge on any atom is -0.486 e. The molecule has 6 amide bonds. The van der Waals surface area contributed by atoms with Crippen molar-refractivity contribution in [2.75, 3.05) is 36.1 Å². The number of β-lactam (4-membered cyclic amide) rings is 2. The second-order valence-corrected chi connectivity index (χ2v) is 23.8. The second-order valence-electron chi connectivity index (χ2n) is 23.8. The smallest absolute Gasteiger partial charge is 0.266 e. The molecule has 0 spiro atoms. The number of carbonyl (C=O) groups is 6. The van der Waals surface area contributed by atoms with Crippen molar-refractivity contribution in [1.29, 1.82) is 0 Å². The van der Waals surface area contributed by atoms with Crippen LogP contribution in [0.25, 0.3) is 0 Å². The highest BCUT2D eigenvalue weighted by Crippen LogP contribution is 2.70. The number of ether oxygens (including phenoxy) is 4. The minimum atomic E-state index is -1.40. The van der Waals surface area contributed by atoms with Crippen LogP contribution in [-0.2, 0) is 39.6 Å². The van der Waals surface area contributed by atoms with Crippen LogP contribution in [-0.4, -0.2) is 95.8 Å². The van der Waals surface area contributed by atoms with Crippen molar-refractivity contribution in [2.24, 2.45) is 23.7 Å². The van der Waals surface area contributed by atoms with Crippen LogP contribution in [0, 0.1) is 23.7 Å². The van der Waals surface area contributed by atoms with E-state index in [1.165, 1.54) is 9.80 Å². The fraction of sp³-hybridized carbons (Fsp3) is 0.222. The summed E-state index contributed by atoms with van der Waals surface area (Å²) in [5, 5.41) is 0. The number of hydrogen-bond acceptors (Lipinski definition) is 10. The normalized spacial score (nSPS) is 30.0. The van der Waals surface area contributed by atoms with E-state index in [4.69, 9.17) is 18.9 Å². The van der Waals surface area contributed by atoms with Gasteiger partial charge in [-0.05, 0) is 105 Å². The molecule has 0 N–H and O–H groups in total. The molecule has 14 nitrogen and oxygen atoms in total. The van der Waals surface area contributed by atoms with Gasteiger partial charge >= 0.3 is 0 Å². The lowest BCUT2D eigenvalue weighted by Crippen LogP contribution is -2.80. The summed E-state index contributed by atoms with van der Waals surface area (Å²) in [7, 11) is 0. The summed E-state index contributed by atoms with van der Waals surface area (Å²) in [6.07, 6.45) is 1.15. The number of carbonyl (C=O) groups excluding carboxylic acids is 6. The van der Waals surface area contributed by atoms with Crippen molar-refractivity contribution >= 4 is 46.8 Å². The summed E-state index contributed by atoms with van der Waals surface area (Å²) < 4.78 is 27.0. The van der Waals surface area contributed by atoms with Crippen molar-refractivity contribution in [3.8, 4) is 23.0 Å². The molecule has 0 aromatic heterocycles. The summed E-state index contributed by atoms with van der Waals surface area (Å²) >= 11 is 0. The third-order valence-corrected chi connectivity index (χ3v) is 20.3. The van der Waals surface area contributed by atoms with Gasteiger partial charge in [0.1, 0.15) is 13.2 Å². The zero-order valence-electron chi connectivity index (χ0n) is 46.3. The maximum absolute atomic E-state index is 16.0. The van der Waals surface area contributed by atoms with Crippen LogP contribution in [0.1, 0.15) is 56.3 Å². The Bertz CT molecular complexity index is 3900. The zero-order valence-corrected chi connectivity index (χ0v) is 46.3. The van der Waals surface area contributed by atoms with E-state index in [9.17, 15) is 0 Å². The SMILES string of the molecule is O=C1C2C3c4ccccc4C([C@@H]4[C@@H]5Oc6ccccc6OC/C=C\COc6ccccc6O[C@@H]6C(=O)N(CCN4C5=O)[C@@H]6C45c6ccccc6C(c6ccccc64)C4C(=O)N(c6ccccc6)C(=O)C45)(c4ccccc43)C2C(=O)N1c1ccccc1. The number of hydrogen-bond donors (Lipinski definition) is 0. The summed E-state index contributed by atoms with van der Waals surface area (Å²) in [4.78, 5) is 101. The predicted molar refractivity (Wildman–Crippen MR) is 316 cm³/mol. The summed E-state index contributed by atoms with van der Waals surface area (Å²) in [6, 6.07) is 62.4. The number of imide groups is 2. The third kappa shape index (κ3) is 6.50. The largest absolute Gasteiger partial charge is 0.486 e. The molecular formula is C72H54N4O10. The maximum atomic E-state index is 16.0. The predicted octanol–water partition coefficient (Wildman–Crippen LogP) is 9.13. The van der Waals surface area contributed by atoms with Crippen molar-refractivity contribution in [3.63, 3.8) is 0 Å². The summed E-state index contributed by atoms with van der Waals surface area (Å²) in [6.45, 7) is 0.0841. The molecule has 0 saturated carbocycles. The van der Waals surface area contributed by atoms with Crippen LogP contribution in [0.15, 0.2) is 218 Å². The van der Waals surface area contributed by atoms with E-state index < -0.39 is 82.4 Å².